The average Bonchev–Trinajstić information content (AvgIpc) is 3.26. The summed E-state index contributed by atoms with van der Waals surface area (Å²) in [6.07, 6.45) is -6.76. The summed E-state index contributed by atoms with van der Waals surface area (Å²) in [6, 6.07) is 5.18. The molecule has 12 heteroatoms. The molecule has 0 bridgehead atoms. The van der Waals surface area contributed by atoms with Crippen LogP contribution in [0.4, 0.5) is 22.0 Å². The number of amides is 1. The first-order chi connectivity index (χ1) is 15.4. The van der Waals surface area contributed by atoms with Gasteiger partial charge in [0.15, 0.2) is 29.4 Å². The normalized spacial score (nSPS) is 19.8. The Hall–Kier alpha value is -3.70. The van der Waals surface area contributed by atoms with Crippen molar-refractivity contribution in [3.8, 4) is 22.9 Å². The zero-order valence-electron chi connectivity index (χ0n) is 17.5. The van der Waals surface area contributed by atoms with Gasteiger partial charge >= 0.3 is 6.18 Å². The number of rotatable bonds is 4. The minimum absolute atomic E-state index is 0.0143. The van der Waals surface area contributed by atoms with E-state index in [0.717, 1.165) is 28.8 Å². The van der Waals surface area contributed by atoms with Crippen LogP contribution in [0.3, 0.4) is 0 Å². The molecular weight excluding hydrogens is 451 g/mol. The van der Waals surface area contributed by atoms with E-state index in [9.17, 15) is 22.4 Å². The van der Waals surface area contributed by atoms with Gasteiger partial charge in [-0.3, -0.25) is 4.79 Å². The first-order valence-corrected chi connectivity index (χ1v) is 9.50. The van der Waals surface area contributed by atoms with E-state index in [1.165, 1.54) is 27.1 Å². The second-order valence-electron chi connectivity index (χ2n) is 7.63. The SMILES string of the molecule is COc1ccc(-c2nnc(C3(C)Oc4c(F)cc(C(N)=O)cc4C3F)n2C)c(C(F)(F)F)c1. The van der Waals surface area contributed by atoms with E-state index < -0.39 is 41.0 Å². The number of carbonyl (C=O) groups excluding carboxylic acids is 1. The molecule has 0 spiro atoms. The molecule has 0 fully saturated rings. The van der Waals surface area contributed by atoms with Crippen LogP contribution in [0.1, 0.15) is 40.4 Å². The molecule has 0 radical (unpaired) electrons. The molecule has 2 heterocycles. The highest BCUT2D eigenvalue weighted by atomic mass is 19.4. The summed E-state index contributed by atoms with van der Waals surface area (Å²) >= 11 is 0. The smallest absolute Gasteiger partial charge is 0.417 e. The molecule has 174 valence electrons. The maximum atomic E-state index is 15.5. The fraction of sp³-hybridized carbons (Fsp3) is 0.286. The van der Waals surface area contributed by atoms with Crippen molar-refractivity contribution in [2.24, 2.45) is 12.8 Å². The Balaban J connectivity index is 1.82. The van der Waals surface area contributed by atoms with E-state index in [0.29, 0.717) is 0 Å². The van der Waals surface area contributed by atoms with Gasteiger partial charge in [0.25, 0.3) is 0 Å². The van der Waals surface area contributed by atoms with Gasteiger partial charge in [0.1, 0.15) is 5.75 Å². The molecule has 1 aliphatic heterocycles. The van der Waals surface area contributed by atoms with Crippen LogP contribution in [-0.2, 0) is 18.8 Å². The highest BCUT2D eigenvalue weighted by Gasteiger charge is 2.52. The van der Waals surface area contributed by atoms with Crippen LogP contribution in [0.2, 0.25) is 0 Å². The number of fused-ring (bicyclic) bond motifs is 1. The third kappa shape index (κ3) is 3.45. The Morgan fingerprint density at radius 2 is 1.94 bits per heavy atom. The molecule has 33 heavy (non-hydrogen) atoms. The lowest BCUT2D eigenvalue weighted by molar-refractivity contribution is -0.137. The van der Waals surface area contributed by atoms with Crippen molar-refractivity contribution in [1.82, 2.24) is 14.8 Å². The summed E-state index contributed by atoms with van der Waals surface area (Å²) in [7, 11) is 2.57. The molecule has 2 unspecified atom stereocenters. The maximum Gasteiger partial charge on any atom is 0.417 e. The lowest BCUT2D eigenvalue weighted by atomic mass is 9.94. The summed E-state index contributed by atoms with van der Waals surface area (Å²) in [6.45, 7) is 1.26. The number of hydrogen-bond donors (Lipinski definition) is 1. The van der Waals surface area contributed by atoms with Gasteiger partial charge in [0.05, 0.1) is 12.7 Å². The number of aromatic nitrogens is 3. The first kappa shape index (κ1) is 22.5. The second-order valence-corrected chi connectivity index (χ2v) is 7.63. The number of nitrogens with two attached hydrogens (primary N) is 1. The lowest BCUT2D eigenvalue weighted by Gasteiger charge is -2.25. The van der Waals surface area contributed by atoms with Gasteiger partial charge in [-0.05, 0) is 37.3 Å². The zero-order chi connectivity index (χ0) is 24.3. The third-order valence-corrected chi connectivity index (χ3v) is 5.52. The molecule has 7 nitrogen and oxygen atoms in total. The minimum Gasteiger partial charge on any atom is -0.497 e. The highest BCUT2D eigenvalue weighted by molar-refractivity contribution is 5.93. The number of halogens is 5. The van der Waals surface area contributed by atoms with E-state index >= 15 is 4.39 Å². The van der Waals surface area contributed by atoms with E-state index in [1.807, 2.05) is 0 Å². The molecule has 1 aliphatic rings. The fourth-order valence-corrected chi connectivity index (χ4v) is 3.85. The van der Waals surface area contributed by atoms with Crippen molar-refractivity contribution in [2.45, 2.75) is 24.9 Å². The molecule has 2 atom stereocenters. The number of alkyl halides is 4. The Morgan fingerprint density at radius 3 is 2.55 bits per heavy atom. The molecule has 1 aromatic heterocycles. The van der Waals surface area contributed by atoms with Gasteiger partial charge in [-0.2, -0.15) is 13.2 Å². The van der Waals surface area contributed by atoms with Crippen LogP contribution in [0.25, 0.3) is 11.4 Å². The maximum absolute atomic E-state index is 15.5. The predicted molar refractivity (Wildman–Crippen MR) is 105 cm³/mol. The summed E-state index contributed by atoms with van der Waals surface area (Å²) in [4.78, 5) is 11.4. The van der Waals surface area contributed by atoms with Gasteiger partial charge in [-0.25, -0.2) is 8.78 Å². The van der Waals surface area contributed by atoms with Crippen molar-refractivity contribution < 1.29 is 36.2 Å². The number of benzene rings is 2. The van der Waals surface area contributed by atoms with Crippen LogP contribution in [0, 0.1) is 5.82 Å². The number of nitrogens with zero attached hydrogens (tertiary/aromatic N) is 3. The highest BCUT2D eigenvalue weighted by Crippen LogP contribution is 2.52. The lowest BCUT2D eigenvalue weighted by Crippen LogP contribution is -2.33. The third-order valence-electron chi connectivity index (χ3n) is 5.52. The van der Waals surface area contributed by atoms with Crippen molar-refractivity contribution in [3.05, 3.63) is 58.7 Å². The van der Waals surface area contributed by atoms with Gasteiger partial charge in [-0.1, -0.05) is 0 Å². The van der Waals surface area contributed by atoms with Crippen LogP contribution < -0.4 is 15.2 Å². The topological polar surface area (TPSA) is 92.3 Å². The first-order valence-electron chi connectivity index (χ1n) is 9.50. The van der Waals surface area contributed by atoms with Crippen LogP contribution in [0.15, 0.2) is 30.3 Å². The molecule has 1 amide bonds. The van der Waals surface area contributed by atoms with Gasteiger partial charge < -0.3 is 19.8 Å². The Bertz CT molecular complexity index is 1270. The van der Waals surface area contributed by atoms with Crippen molar-refractivity contribution in [2.75, 3.05) is 7.11 Å². The standard InChI is InChI=1S/C21H17F5N4O3/c1-20(16(23)12-6-9(17(27)31)7-14(22)15(12)33-20)19-29-28-18(30(19)2)11-5-4-10(32-3)8-13(11)21(24,25)26/h4-8,16H,1-3H3,(H2,27,31). The van der Waals surface area contributed by atoms with Crippen LogP contribution in [0.5, 0.6) is 11.5 Å². The number of ether oxygens (including phenoxy) is 2. The van der Waals surface area contributed by atoms with Crippen LogP contribution >= 0.6 is 0 Å². The molecule has 0 saturated carbocycles. The van der Waals surface area contributed by atoms with Crippen molar-refractivity contribution in [3.63, 3.8) is 0 Å². The van der Waals surface area contributed by atoms with Gasteiger partial charge in [-0.15, -0.1) is 10.2 Å². The fourth-order valence-electron chi connectivity index (χ4n) is 3.85. The number of hydrogen-bond acceptors (Lipinski definition) is 5. The molecule has 4 rings (SSSR count). The second kappa shape index (κ2) is 7.42. The van der Waals surface area contributed by atoms with E-state index in [1.54, 1.807) is 0 Å². The largest absolute Gasteiger partial charge is 0.497 e. The Labute approximate surface area is 183 Å². The van der Waals surface area contributed by atoms with E-state index in [4.69, 9.17) is 15.2 Å². The molecule has 0 saturated heterocycles. The number of methoxy groups -OCH3 is 1. The molecule has 2 aromatic carbocycles. The Kier molecular flexibility index (Phi) is 5.06. The molecule has 3 aromatic rings. The minimum atomic E-state index is -4.74. The summed E-state index contributed by atoms with van der Waals surface area (Å²) in [5, 5.41) is 7.70. The summed E-state index contributed by atoms with van der Waals surface area (Å²) in [5.74, 6) is -2.84. The quantitative estimate of drug-likeness (QED) is 0.583. The predicted octanol–water partition coefficient (Wildman–Crippen LogP) is 4.07. The van der Waals surface area contributed by atoms with Crippen molar-refractivity contribution >= 4 is 5.91 Å². The number of primary amides is 1. The van der Waals surface area contributed by atoms with Gasteiger partial charge in [0.2, 0.25) is 11.5 Å². The monoisotopic (exact) mass is 468 g/mol. The van der Waals surface area contributed by atoms with E-state index in [2.05, 4.69) is 10.2 Å². The summed E-state index contributed by atoms with van der Waals surface area (Å²) in [5.41, 5.74) is 1.36. The van der Waals surface area contributed by atoms with E-state index in [-0.39, 0.29) is 34.1 Å². The van der Waals surface area contributed by atoms with Crippen LogP contribution in [-0.4, -0.2) is 27.8 Å². The molecule has 2 N–H and O–H groups in total. The number of carbonyl (C=O) groups is 1. The van der Waals surface area contributed by atoms with Crippen molar-refractivity contribution in [1.29, 1.82) is 0 Å². The summed E-state index contributed by atoms with van der Waals surface area (Å²) < 4.78 is 82.6. The Morgan fingerprint density at radius 1 is 1.24 bits per heavy atom. The molecule has 0 aliphatic carbocycles. The average molecular weight is 468 g/mol. The molecular formula is C21H17F5N4O3. The zero-order valence-corrected chi connectivity index (χ0v) is 17.5. The van der Waals surface area contributed by atoms with Gasteiger partial charge in [0, 0.05) is 23.7 Å².